The van der Waals surface area contributed by atoms with E-state index in [4.69, 9.17) is 11.6 Å². The molecular formula is C9H11ClN2O. The Morgan fingerprint density at radius 3 is 2.77 bits per heavy atom. The van der Waals surface area contributed by atoms with Gasteiger partial charge in [0.25, 0.3) is 5.56 Å². The van der Waals surface area contributed by atoms with Gasteiger partial charge in [-0.3, -0.25) is 4.79 Å². The molecule has 0 atom stereocenters. The Labute approximate surface area is 81.3 Å². The van der Waals surface area contributed by atoms with Gasteiger partial charge in [-0.15, -0.1) is 0 Å². The second kappa shape index (κ2) is 3.50. The fourth-order valence-electron chi connectivity index (χ4n) is 1.82. The number of hydrogen-bond acceptors (Lipinski definition) is 2. The standard InChI is InChI=1S/C9H11ClN2O/c10-7-5-9(13)12(11-6-7)8-3-1-2-4-8/h5-6,8H,1-4H2. The van der Waals surface area contributed by atoms with Crippen molar-refractivity contribution >= 4 is 11.6 Å². The van der Waals surface area contributed by atoms with Crippen molar-refractivity contribution in [2.24, 2.45) is 0 Å². The van der Waals surface area contributed by atoms with E-state index in [9.17, 15) is 4.79 Å². The fraction of sp³-hybridized carbons (Fsp3) is 0.556. The molecule has 13 heavy (non-hydrogen) atoms. The lowest BCUT2D eigenvalue weighted by atomic mass is 10.2. The fourth-order valence-corrected chi connectivity index (χ4v) is 1.96. The van der Waals surface area contributed by atoms with E-state index in [1.54, 1.807) is 4.68 Å². The molecule has 0 radical (unpaired) electrons. The van der Waals surface area contributed by atoms with Crippen LogP contribution in [0.3, 0.4) is 0 Å². The molecule has 0 aromatic carbocycles. The lowest BCUT2D eigenvalue weighted by Gasteiger charge is -2.10. The van der Waals surface area contributed by atoms with Crippen LogP contribution in [-0.2, 0) is 0 Å². The summed E-state index contributed by atoms with van der Waals surface area (Å²) in [7, 11) is 0. The van der Waals surface area contributed by atoms with Crippen LogP contribution in [0.15, 0.2) is 17.1 Å². The van der Waals surface area contributed by atoms with Crippen molar-refractivity contribution in [2.75, 3.05) is 0 Å². The van der Waals surface area contributed by atoms with Gasteiger partial charge in [0.05, 0.1) is 17.3 Å². The predicted molar refractivity (Wildman–Crippen MR) is 51.0 cm³/mol. The van der Waals surface area contributed by atoms with Gasteiger partial charge in [0, 0.05) is 6.07 Å². The minimum absolute atomic E-state index is 0.0839. The van der Waals surface area contributed by atoms with Gasteiger partial charge in [0.1, 0.15) is 0 Å². The number of hydrogen-bond donors (Lipinski definition) is 0. The quantitative estimate of drug-likeness (QED) is 0.692. The molecule has 0 unspecified atom stereocenters. The van der Waals surface area contributed by atoms with E-state index in [0.717, 1.165) is 12.8 Å². The van der Waals surface area contributed by atoms with Crippen molar-refractivity contribution in [2.45, 2.75) is 31.7 Å². The first kappa shape index (κ1) is 8.75. The molecule has 70 valence electrons. The van der Waals surface area contributed by atoms with E-state index in [1.807, 2.05) is 0 Å². The third-order valence-corrected chi connectivity index (χ3v) is 2.67. The molecule has 1 aliphatic rings. The normalized spacial score (nSPS) is 17.9. The molecule has 3 nitrogen and oxygen atoms in total. The molecule has 4 heteroatoms. The molecule has 0 N–H and O–H groups in total. The highest BCUT2D eigenvalue weighted by Gasteiger charge is 2.18. The minimum Gasteiger partial charge on any atom is -0.268 e. The molecule has 0 amide bonds. The van der Waals surface area contributed by atoms with Gasteiger partial charge in [-0.05, 0) is 12.8 Å². The monoisotopic (exact) mass is 198 g/mol. The van der Waals surface area contributed by atoms with Crippen LogP contribution in [0.5, 0.6) is 0 Å². The Morgan fingerprint density at radius 2 is 2.15 bits per heavy atom. The highest BCUT2D eigenvalue weighted by molar-refractivity contribution is 6.30. The SMILES string of the molecule is O=c1cc(Cl)cnn1C1CCCC1. The van der Waals surface area contributed by atoms with Crippen LogP contribution in [0.4, 0.5) is 0 Å². The van der Waals surface area contributed by atoms with Crippen molar-refractivity contribution in [3.63, 3.8) is 0 Å². The van der Waals surface area contributed by atoms with Gasteiger partial charge < -0.3 is 0 Å². The average molecular weight is 199 g/mol. The van der Waals surface area contributed by atoms with Crippen molar-refractivity contribution < 1.29 is 0 Å². The zero-order valence-corrected chi connectivity index (χ0v) is 8.00. The van der Waals surface area contributed by atoms with Crippen molar-refractivity contribution in [3.8, 4) is 0 Å². The van der Waals surface area contributed by atoms with Gasteiger partial charge >= 0.3 is 0 Å². The summed E-state index contributed by atoms with van der Waals surface area (Å²) in [4.78, 5) is 11.4. The third kappa shape index (κ3) is 1.75. The van der Waals surface area contributed by atoms with Crippen LogP contribution in [0.1, 0.15) is 31.7 Å². The number of nitrogens with zero attached hydrogens (tertiary/aromatic N) is 2. The van der Waals surface area contributed by atoms with Crippen molar-refractivity contribution in [1.82, 2.24) is 9.78 Å². The molecule has 1 fully saturated rings. The smallest absolute Gasteiger partial charge is 0.268 e. The highest BCUT2D eigenvalue weighted by Crippen LogP contribution is 2.27. The minimum atomic E-state index is -0.0839. The van der Waals surface area contributed by atoms with Crippen LogP contribution in [0.25, 0.3) is 0 Å². The van der Waals surface area contributed by atoms with Gasteiger partial charge in [0.15, 0.2) is 0 Å². The first-order valence-corrected chi connectivity index (χ1v) is 4.89. The van der Waals surface area contributed by atoms with Crippen LogP contribution < -0.4 is 5.56 Å². The largest absolute Gasteiger partial charge is 0.268 e. The van der Waals surface area contributed by atoms with Crippen LogP contribution >= 0.6 is 11.6 Å². The van der Waals surface area contributed by atoms with Crippen LogP contribution in [-0.4, -0.2) is 9.78 Å². The molecule has 1 heterocycles. The Kier molecular flexibility index (Phi) is 2.36. The van der Waals surface area contributed by atoms with Gasteiger partial charge in [0.2, 0.25) is 0 Å². The molecular weight excluding hydrogens is 188 g/mol. The summed E-state index contributed by atoms with van der Waals surface area (Å²) in [6, 6.07) is 1.72. The summed E-state index contributed by atoms with van der Waals surface area (Å²) in [5.74, 6) is 0. The molecule has 1 aromatic rings. The summed E-state index contributed by atoms with van der Waals surface area (Å²) < 4.78 is 1.55. The maximum Gasteiger partial charge on any atom is 0.268 e. The second-order valence-electron chi connectivity index (χ2n) is 3.39. The molecule has 0 spiro atoms. The van der Waals surface area contributed by atoms with Crippen molar-refractivity contribution in [1.29, 1.82) is 0 Å². The van der Waals surface area contributed by atoms with Crippen LogP contribution in [0.2, 0.25) is 5.02 Å². The first-order chi connectivity index (χ1) is 6.27. The summed E-state index contributed by atoms with van der Waals surface area (Å²) in [6.07, 6.45) is 6.05. The summed E-state index contributed by atoms with van der Waals surface area (Å²) in [5.41, 5.74) is -0.0839. The Morgan fingerprint density at radius 1 is 1.46 bits per heavy atom. The van der Waals surface area contributed by atoms with E-state index < -0.39 is 0 Å². The first-order valence-electron chi connectivity index (χ1n) is 4.52. The summed E-state index contributed by atoms with van der Waals surface area (Å²) in [5, 5.41) is 4.45. The zero-order chi connectivity index (χ0) is 9.26. The van der Waals surface area contributed by atoms with Gasteiger partial charge in [-0.2, -0.15) is 5.10 Å². The maximum absolute atomic E-state index is 11.4. The summed E-state index contributed by atoms with van der Waals surface area (Å²) in [6.45, 7) is 0. The Bertz CT molecular complexity index is 355. The molecule has 2 rings (SSSR count). The van der Waals surface area contributed by atoms with E-state index in [2.05, 4.69) is 5.10 Å². The predicted octanol–water partition coefficient (Wildman–Crippen LogP) is 2.01. The lowest BCUT2D eigenvalue weighted by molar-refractivity contribution is 0.444. The topological polar surface area (TPSA) is 34.9 Å². The summed E-state index contributed by atoms with van der Waals surface area (Å²) >= 11 is 5.65. The molecule has 0 aliphatic heterocycles. The lowest BCUT2D eigenvalue weighted by Crippen LogP contribution is -2.24. The molecule has 1 saturated carbocycles. The zero-order valence-electron chi connectivity index (χ0n) is 7.24. The second-order valence-corrected chi connectivity index (χ2v) is 3.83. The van der Waals surface area contributed by atoms with E-state index >= 15 is 0 Å². The maximum atomic E-state index is 11.4. The van der Waals surface area contributed by atoms with Crippen LogP contribution in [0, 0.1) is 0 Å². The Balaban J connectivity index is 2.34. The molecule has 0 saturated heterocycles. The molecule has 1 aromatic heterocycles. The van der Waals surface area contributed by atoms with E-state index in [0.29, 0.717) is 11.1 Å². The number of halogens is 1. The molecule has 1 aliphatic carbocycles. The number of aromatic nitrogens is 2. The van der Waals surface area contributed by atoms with E-state index in [-0.39, 0.29) is 5.56 Å². The average Bonchev–Trinajstić information content (AvgIpc) is 2.56. The van der Waals surface area contributed by atoms with Gasteiger partial charge in [-0.1, -0.05) is 24.4 Å². The van der Waals surface area contributed by atoms with Crippen molar-refractivity contribution in [3.05, 3.63) is 27.6 Å². The third-order valence-electron chi connectivity index (χ3n) is 2.46. The van der Waals surface area contributed by atoms with Gasteiger partial charge in [-0.25, -0.2) is 4.68 Å². The van der Waals surface area contributed by atoms with E-state index in [1.165, 1.54) is 25.1 Å². The number of rotatable bonds is 1. The highest BCUT2D eigenvalue weighted by atomic mass is 35.5. The molecule has 0 bridgehead atoms. The Hall–Kier alpha value is -0.830.